The molecule has 3 heterocycles. The van der Waals surface area contributed by atoms with Gasteiger partial charge < -0.3 is 9.80 Å². The van der Waals surface area contributed by atoms with Gasteiger partial charge in [0.05, 0.1) is 4.90 Å². The van der Waals surface area contributed by atoms with E-state index in [0.717, 1.165) is 68.9 Å². The maximum absolute atomic E-state index is 12.8. The van der Waals surface area contributed by atoms with Crippen molar-refractivity contribution in [3.05, 3.63) is 42.6 Å². The molecule has 2 aromatic rings. The summed E-state index contributed by atoms with van der Waals surface area (Å²) in [5, 5.41) is 0. The smallest absolute Gasteiger partial charge is 0.243 e. The molecule has 6 nitrogen and oxygen atoms in total. The van der Waals surface area contributed by atoms with Crippen LogP contribution in [0.5, 0.6) is 0 Å². The van der Waals surface area contributed by atoms with Crippen LogP contribution < -0.4 is 4.90 Å². The van der Waals surface area contributed by atoms with Crippen LogP contribution in [-0.4, -0.2) is 68.4 Å². The number of benzene rings is 1. The molecule has 1 aromatic carbocycles. The zero-order valence-corrected chi connectivity index (χ0v) is 20.4. The predicted molar refractivity (Wildman–Crippen MR) is 131 cm³/mol. The first-order valence-electron chi connectivity index (χ1n) is 10.6. The minimum atomic E-state index is -3.38. The average molecular weight is 487 g/mol. The number of hydrogen-bond acceptors (Lipinski definition) is 5. The Morgan fingerprint density at radius 2 is 1.42 bits per heavy atom. The predicted octanol–water partition coefficient (Wildman–Crippen LogP) is 3.91. The standard InChI is InChI=1S/C22H30N4O2S.2ClH/c1-2-24-14-16-25(17-15-24)22-11-8-20(18-23-22)19-6-9-21(10-7-19)29(27,28)26-12-4-3-5-13-26;;/h6-11,18H,2-5,12-17H2,1H3;2*1H. The second-order valence-corrected chi connectivity index (χ2v) is 9.75. The highest BCUT2D eigenvalue weighted by molar-refractivity contribution is 7.89. The second-order valence-electron chi connectivity index (χ2n) is 7.82. The SMILES string of the molecule is CCN1CCN(c2ccc(-c3ccc(S(=O)(=O)N4CCCCC4)cc3)cn2)CC1.Cl.Cl. The number of aromatic nitrogens is 1. The van der Waals surface area contributed by atoms with Crippen molar-refractivity contribution in [3.8, 4) is 11.1 Å². The van der Waals surface area contributed by atoms with Crippen molar-refractivity contribution in [2.24, 2.45) is 0 Å². The number of sulfonamides is 1. The Morgan fingerprint density at radius 1 is 0.806 bits per heavy atom. The molecule has 1 aromatic heterocycles. The van der Waals surface area contributed by atoms with E-state index < -0.39 is 10.0 Å². The zero-order chi connectivity index (χ0) is 20.3. The summed E-state index contributed by atoms with van der Waals surface area (Å²) in [6.45, 7) is 8.71. The van der Waals surface area contributed by atoms with Gasteiger partial charge in [0.2, 0.25) is 10.0 Å². The molecule has 0 bridgehead atoms. The van der Waals surface area contributed by atoms with Crippen molar-refractivity contribution in [1.29, 1.82) is 0 Å². The monoisotopic (exact) mass is 486 g/mol. The van der Waals surface area contributed by atoms with E-state index in [1.807, 2.05) is 18.3 Å². The van der Waals surface area contributed by atoms with Crippen LogP contribution in [-0.2, 0) is 10.0 Å². The van der Waals surface area contributed by atoms with E-state index in [1.54, 1.807) is 16.4 Å². The van der Waals surface area contributed by atoms with Gasteiger partial charge in [-0.1, -0.05) is 25.5 Å². The first kappa shape index (κ1) is 25.9. The molecule has 0 aliphatic carbocycles. The highest BCUT2D eigenvalue weighted by Crippen LogP contribution is 2.25. The lowest BCUT2D eigenvalue weighted by Crippen LogP contribution is -2.46. The number of hydrogen-bond donors (Lipinski definition) is 0. The van der Waals surface area contributed by atoms with Crippen LogP contribution in [0, 0.1) is 0 Å². The summed E-state index contributed by atoms with van der Waals surface area (Å²) < 4.78 is 27.2. The van der Waals surface area contributed by atoms with E-state index in [-0.39, 0.29) is 24.8 Å². The van der Waals surface area contributed by atoms with Crippen LogP contribution in [0.3, 0.4) is 0 Å². The van der Waals surface area contributed by atoms with Gasteiger partial charge in [-0.2, -0.15) is 4.31 Å². The molecule has 31 heavy (non-hydrogen) atoms. The fourth-order valence-electron chi connectivity index (χ4n) is 4.11. The molecule has 0 radical (unpaired) electrons. The van der Waals surface area contributed by atoms with Crippen molar-refractivity contribution < 1.29 is 8.42 Å². The summed E-state index contributed by atoms with van der Waals surface area (Å²) in [4.78, 5) is 9.80. The molecule has 0 spiro atoms. The van der Waals surface area contributed by atoms with E-state index in [1.165, 1.54) is 0 Å². The summed E-state index contributed by atoms with van der Waals surface area (Å²) in [7, 11) is -3.38. The summed E-state index contributed by atoms with van der Waals surface area (Å²) in [6, 6.07) is 11.3. The molecular weight excluding hydrogens is 455 g/mol. The van der Waals surface area contributed by atoms with E-state index in [2.05, 4.69) is 33.8 Å². The first-order chi connectivity index (χ1) is 14.1. The van der Waals surface area contributed by atoms with Gasteiger partial charge >= 0.3 is 0 Å². The highest BCUT2D eigenvalue weighted by Gasteiger charge is 2.25. The van der Waals surface area contributed by atoms with Crippen LogP contribution in [0.1, 0.15) is 26.2 Å². The van der Waals surface area contributed by atoms with E-state index >= 15 is 0 Å². The number of anilines is 1. The van der Waals surface area contributed by atoms with Gasteiger partial charge in [-0.3, -0.25) is 0 Å². The average Bonchev–Trinajstić information content (AvgIpc) is 2.80. The fourth-order valence-corrected chi connectivity index (χ4v) is 5.63. The van der Waals surface area contributed by atoms with Crippen molar-refractivity contribution in [3.63, 3.8) is 0 Å². The number of halogens is 2. The normalized spacial score (nSPS) is 18.2. The van der Waals surface area contributed by atoms with E-state index in [9.17, 15) is 8.42 Å². The molecule has 2 fully saturated rings. The quantitative estimate of drug-likeness (QED) is 0.640. The number of likely N-dealkylation sites (N-methyl/N-ethyl adjacent to an activating group) is 1. The maximum atomic E-state index is 12.8. The minimum Gasteiger partial charge on any atom is -0.354 e. The molecule has 0 unspecified atom stereocenters. The molecule has 2 saturated heterocycles. The summed E-state index contributed by atoms with van der Waals surface area (Å²) in [5.74, 6) is 1.01. The van der Waals surface area contributed by atoms with Gasteiger partial charge in [-0.15, -0.1) is 24.8 Å². The first-order valence-corrected chi connectivity index (χ1v) is 12.1. The molecule has 9 heteroatoms. The van der Waals surface area contributed by atoms with Gasteiger partial charge in [0.1, 0.15) is 5.82 Å². The van der Waals surface area contributed by atoms with Crippen molar-refractivity contribution in [2.45, 2.75) is 31.1 Å². The number of piperazine rings is 1. The van der Waals surface area contributed by atoms with Gasteiger partial charge in [0.15, 0.2) is 0 Å². The van der Waals surface area contributed by atoms with E-state index in [0.29, 0.717) is 18.0 Å². The lowest BCUT2D eigenvalue weighted by atomic mass is 10.1. The molecule has 0 saturated carbocycles. The highest BCUT2D eigenvalue weighted by atomic mass is 35.5. The van der Waals surface area contributed by atoms with E-state index in [4.69, 9.17) is 0 Å². The van der Waals surface area contributed by atoms with Crippen LogP contribution in [0.25, 0.3) is 11.1 Å². The number of pyridine rings is 1. The van der Waals surface area contributed by atoms with Gasteiger partial charge in [-0.25, -0.2) is 13.4 Å². The molecule has 172 valence electrons. The Bertz CT molecular complexity index is 910. The van der Waals surface area contributed by atoms with Crippen LogP contribution >= 0.6 is 24.8 Å². The van der Waals surface area contributed by atoms with Crippen molar-refractivity contribution in [2.75, 3.05) is 50.7 Å². The molecular formula is C22H32Cl2N4O2S. The molecule has 4 rings (SSSR count). The fraction of sp³-hybridized carbons (Fsp3) is 0.500. The largest absolute Gasteiger partial charge is 0.354 e. The lowest BCUT2D eigenvalue weighted by molar-refractivity contribution is 0.270. The summed E-state index contributed by atoms with van der Waals surface area (Å²) in [5.41, 5.74) is 1.99. The zero-order valence-electron chi connectivity index (χ0n) is 17.9. The second kappa shape index (κ2) is 11.5. The van der Waals surface area contributed by atoms with Crippen molar-refractivity contribution in [1.82, 2.24) is 14.2 Å². The van der Waals surface area contributed by atoms with Crippen molar-refractivity contribution >= 4 is 40.7 Å². The molecule has 2 aliphatic rings. The summed E-state index contributed by atoms with van der Waals surface area (Å²) >= 11 is 0. The topological polar surface area (TPSA) is 56.8 Å². The Hall–Kier alpha value is -1.38. The van der Waals surface area contributed by atoms with Crippen LogP contribution in [0.15, 0.2) is 47.5 Å². The third-order valence-electron chi connectivity index (χ3n) is 6.03. The summed E-state index contributed by atoms with van der Waals surface area (Å²) in [6.07, 6.45) is 4.89. The Kier molecular flexibility index (Phi) is 9.58. The molecule has 0 N–H and O–H groups in total. The van der Waals surface area contributed by atoms with Gasteiger partial charge in [0, 0.05) is 51.0 Å². The minimum absolute atomic E-state index is 0. The third kappa shape index (κ3) is 5.90. The Balaban J connectivity index is 0.00000171. The number of piperidine rings is 1. The molecule has 0 amide bonds. The van der Waals surface area contributed by atoms with Crippen LogP contribution in [0.4, 0.5) is 5.82 Å². The maximum Gasteiger partial charge on any atom is 0.243 e. The van der Waals surface area contributed by atoms with Crippen LogP contribution in [0.2, 0.25) is 0 Å². The Labute approximate surface area is 198 Å². The van der Waals surface area contributed by atoms with Gasteiger partial charge in [-0.05, 0) is 49.2 Å². The molecule has 0 atom stereocenters. The number of rotatable bonds is 5. The Morgan fingerprint density at radius 3 is 1.97 bits per heavy atom. The lowest BCUT2D eigenvalue weighted by Gasteiger charge is -2.34. The number of nitrogens with zero attached hydrogens (tertiary/aromatic N) is 4. The van der Waals surface area contributed by atoms with Gasteiger partial charge in [0.25, 0.3) is 0 Å². The molecule has 2 aliphatic heterocycles. The third-order valence-corrected chi connectivity index (χ3v) is 7.94.